The van der Waals surface area contributed by atoms with Crippen LogP contribution in [0.4, 0.5) is 8.78 Å². The molecule has 2 aromatic heterocycles. The van der Waals surface area contributed by atoms with Gasteiger partial charge in [0.1, 0.15) is 23.0 Å². The van der Waals surface area contributed by atoms with Gasteiger partial charge in [0, 0.05) is 28.8 Å². The van der Waals surface area contributed by atoms with Crippen molar-refractivity contribution in [2.45, 2.75) is 64.6 Å². The van der Waals surface area contributed by atoms with Crippen molar-refractivity contribution in [3.63, 3.8) is 0 Å². The van der Waals surface area contributed by atoms with Crippen molar-refractivity contribution >= 4 is 11.9 Å². The molecule has 0 spiro atoms. The Morgan fingerprint density at radius 2 is 1.26 bits per heavy atom. The van der Waals surface area contributed by atoms with Crippen molar-refractivity contribution in [2.24, 2.45) is 11.8 Å². The number of aromatic nitrogens is 2. The van der Waals surface area contributed by atoms with Crippen LogP contribution in [0.3, 0.4) is 0 Å². The summed E-state index contributed by atoms with van der Waals surface area (Å²) in [6.07, 6.45) is 7.42. The Morgan fingerprint density at radius 3 is 1.88 bits per heavy atom. The Morgan fingerprint density at radius 1 is 0.690 bits per heavy atom. The Kier molecular flexibility index (Phi) is 8.12. The summed E-state index contributed by atoms with van der Waals surface area (Å²) in [6.45, 7) is -0.123. The first-order valence-corrected chi connectivity index (χ1v) is 14.3. The third-order valence-electron chi connectivity index (χ3n) is 8.02. The van der Waals surface area contributed by atoms with Crippen LogP contribution in [0.25, 0.3) is 33.6 Å². The summed E-state index contributed by atoms with van der Waals surface area (Å²) in [6, 6.07) is 11.6. The smallest absolute Gasteiger partial charge is 0.309 e. The van der Waals surface area contributed by atoms with Gasteiger partial charge < -0.3 is 18.5 Å². The standard InChI is InChI=1S/C32H30F2N2O6/c33-22-10-11-25(30-16-24(42-36-30)18-40-32(38)20-7-3-4-8-20)26(14-22)27-13-21(9-12-28(27)34)29-15-23(41-35-29)17-39-31(37)19-5-1-2-6-19/h9-16,19-20H,1-8,17-18H2. The predicted octanol–water partition coefficient (Wildman–Crippen LogP) is 7.41. The molecule has 42 heavy (non-hydrogen) atoms. The molecular weight excluding hydrogens is 546 g/mol. The van der Waals surface area contributed by atoms with Gasteiger partial charge in [-0.15, -0.1) is 0 Å². The Balaban J connectivity index is 1.20. The zero-order valence-corrected chi connectivity index (χ0v) is 22.9. The highest BCUT2D eigenvalue weighted by Gasteiger charge is 2.26. The molecule has 0 radical (unpaired) electrons. The van der Waals surface area contributed by atoms with Gasteiger partial charge in [-0.05, 0) is 67.6 Å². The molecule has 2 aromatic carbocycles. The molecule has 10 heteroatoms. The molecule has 2 aliphatic carbocycles. The second-order valence-corrected chi connectivity index (χ2v) is 10.9. The van der Waals surface area contributed by atoms with E-state index < -0.39 is 11.6 Å². The van der Waals surface area contributed by atoms with Crippen LogP contribution < -0.4 is 0 Å². The van der Waals surface area contributed by atoms with Gasteiger partial charge in [0.25, 0.3) is 0 Å². The molecule has 0 bridgehead atoms. The largest absolute Gasteiger partial charge is 0.457 e. The molecule has 2 saturated carbocycles. The lowest BCUT2D eigenvalue weighted by Crippen LogP contribution is -2.14. The van der Waals surface area contributed by atoms with E-state index in [1.807, 2.05) is 0 Å². The number of ether oxygens (including phenoxy) is 2. The minimum absolute atomic E-state index is 0.0467. The van der Waals surface area contributed by atoms with Crippen LogP contribution in [0.1, 0.15) is 62.9 Å². The number of rotatable bonds is 9. The lowest BCUT2D eigenvalue weighted by Gasteiger charge is -2.10. The molecule has 2 fully saturated rings. The topological polar surface area (TPSA) is 105 Å². The average molecular weight is 577 g/mol. The summed E-state index contributed by atoms with van der Waals surface area (Å²) in [5.41, 5.74) is 2.09. The Bertz CT molecular complexity index is 1580. The van der Waals surface area contributed by atoms with Gasteiger partial charge in [0.2, 0.25) is 0 Å². The van der Waals surface area contributed by atoms with Crippen LogP contribution >= 0.6 is 0 Å². The maximum Gasteiger partial charge on any atom is 0.309 e. The number of esters is 2. The van der Waals surface area contributed by atoms with Gasteiger partial charge in [-0.3, -0.25) is 9.59 Å². The highest BCUT2D eigenvalue weighted by Crippen LogP contribution is 2.36. The first kappa shape index (κ1) is 27.8. The number of benzene rings is 2. The second-order valence-electron chi connectivity index (χ2n) is 10.9. The number of nitrogens with zero attached hydrogens (tertiary/aromatic N) is 2. The zero-order chi connectivity index (χ0) is 29.1. The number of halogens is 2. The van der Waals surface area contributed by atoms with E-state index in [2.05, 4.69) is 10.3 Å². The zero-order valence-electron chi connectivity index (χ0n) is 22.9. The van der Waals surface area contributed by atoms with Crippen molar-refractivity contribution in [3.8, 4) is 33.6 Å². The van der Waals surface area contributed by atoms with Gasteiger partial charge in [0.05, 0.1) is 11.8 Å². The van der Waals surface area contributed by atoms with Gasteiger partial charge >= 0.3 is 11.9 Å². The van der Waals surface area contributed by atoms with E-state index in [9.17, 15) is 14.0 Å². The Hall–Kier alpha value is -4.34. The van der Waals surface area contributed by atoms with E-state index in [4.69, 9.17) is 18.5 Å². The molecule has 4 aromatic rings. The summed E-state index contributed by atoms with van der Waals surface area (Å²) < 4.78 is 51.2. The van der Waals surface area contributed by atoms with Crippen molar-refractivity contribution in [3.05, 3.63) is 71.7 Å². The van der Waals surface area contributed by atoms with E-state index in [0.29, 0.717) is 34.0 Å². The van der Waals surface area contributed by atoms with Crippen LogP contribution in [0, 0.1) is 23.5 Å². The molecule has 218 valence electrons. The van der Waals surface area contributed by atoms with Gasteiger partial charge in [-0.1, -0.05) is 36.0 Å². The van der Waals surface area contributed by atoms with E-state index in [1.165, 1.54) is 30.3 Å². The second kappa shape index (κ2) is 12.3. The molecule has 0 unspecified atom stereocenters. The monoisotopic (exact) mass is 576 g/mol. The predicted molar refractivity (Wildman–Crippen MR) is 146 cm³/mol. The lowest BCUT2D eigenvalue weighted by molar-refractivity contribution is -0.151. The maximum absolute atomic E-state index is 15.2. The van der Waals surface area contributed by atoms with Crippen LogP contribution in [0.5, 0.6) is 0 Å². The number of carbonyl (C=O) groups excluding carboxylic acids is 2. The average Bonchev–Trinajstić information content (AvgIpc) is 3.82. The normalized spacial score (nSPS) is 15.8. The van der Waals surface area contributed by atoms with Crippen molar-refractivity contribution < 1.29 is 36.9 Å². The van der Waals surface area contributed by atoms with Crippen LogP contribution in [-0.2, 0) is 32.3 Å². The summed E-state index contributed by atoms with van der Waals surface area (Å²) >= 11 is 0. The third-order valence-corrected chi connectivity index (χ3v) is 8.02. The van der Waals surface area contributed by atoms with Crippen molar-refractivity contribution in [2.75, 3.05) is 0 Å². The molecule has 0 N–H and O–H groups in total. The Labute approximate surface area is 241 Å². The quantitative estimate of drug-likeness (QED) is 0.190. The fourth-order valence-electron chi connectivity index (χ4n) is 5.72. The van der Waals surface area contributed by atoms with Crippen molar-refractivity contribution in [1.29, 1.82) is 0 Å². The van der Waals surface area contributed by atoms with Gasteiger partial charge in [0.15, 0.2) is 24.7 Å². The summed E-state index contributed by atoms with van der Waals surface area (Å²) in [5, 5.41) is 8.13. The molecule has 2 aliphatic rings. The van der Waals surface area contributed by atoms with Crippen LogP contribution in [0.2, 0.25) is 0 Å². The van der Waals surface area contributed by atoms with Crippen LogP contribution in [-0.4, -0.2) is 22.3 Å². The number of hydrogen-bond donors (Lipinski definition) is 0. The highest BCUT2D eigenvalue weighted by molar-refractivity contribution is 5.84. The SMILES string of the molecule is O=C(OCc1cc(-c2ccc(F)c(-c3cc(F)ccc3-c3cc(COC(=O)C4CCCC4)on3)c2)no1)C1CCCC1. The van der Waals surface area contributed by atoms with Gasteiger partial charge in [-0.25, -0.2) is 8.78 Å². The van der Waals surface area contributed by atoms with Gasteiger partial charge in [-0.2, -0.15) is 0 Å². The minimum atomic E-state index is -0.575. The minimum Gasteiger partial charge on any atom is -0.457 e. The molecule has 0 saturated heterocycles. The first-order valence-electron chi connectivity index (χ1n) is 14.3. The third kappa shape index (κ3) is 6.12. The molecule has 2 heterocycles. The summed E-state index contributed by atoms with van der Waals surface area (Å²) in [5.74, 6) is -1.10. The molecular formula is C32H30F2N2O6. The van der Waals surface area contributed by atoms with E-state index in [1.54, 1.807) is 18.2 Å². The number of hydrogen-bond acceptors (Lipinski definition) is 8. The lowest BCUT2D eigenvalue weighted by atomic mass is 9.95. The van der Waals surface area contributed by atoms with Crippen molar-refractivity contribution in [1.82, 2.24) is 10.3 Å². The molecule has 0 atom stereocenters. The number of carbonyl (C=O) groups is 2. The molecule has 6 rings (SSSR count). The fraction of sp³-hybridized carbons (Fsp3) is 0.375. The van der Waals surface area contributed by atoms with E-state index in [0.717, 1.165) is 51.4 Å². The van der Waals surface area contributed by atoms with E-state index in [-0.39, 0.29) is 48.1 Å². The first-order chi connectivity index (χ1) is 20.4. The maximum atomic E-state index is 15.2. The molecule has 0 aliphatic heterocycles. The highest BCUT2D eigenvalue weighted by atomic mass is 19.1. The molecule has 0 amide bonds. The summed E-state index contributed by atoms with van der Waals surface area (Å²) in [7, 11) is 0. The van der Waals surface area contributed by atoms with E-state index >= 15 is 4.39 Å². The molecule has 8 nitrogen and oxygen atoms in total. The van der Waals surface area contributed by atoms with Crippen LogP contribution in [0.15, 0.2) is 57.6 Å². The summed E-state index contributed by atoms with van der Waals surface area (Å²) in [4.78, 5) is 24.5. The fourth-order valence-corrected chi connectivity index (χ4v) is 5.72.